The second kappa shape index (κ2) is 19.4. The molecular formula is C17H24O16S4-4. The number of hydrogen-bond acceptors (Lipinski definition) is 16. The van der Waals surface area contributed by atoms with E-state index < -0.39 is 149 Å². The monoisotopic (exact) mass is 612 g/mol. The zero-order chi connectivity index (χ0) is 28.4. The Balaban J connectivity index is 5.65. The Labute approximate surface area is 221 Å². The molecule has 0 saturated carbocycles. The number of ether oxygens (including phenoxy) is 4. The predicted octanol–water partition coefficient (Wildman–Crippen LogP) is -2.78. The van der Waals surface area contributed by atoms with Gasteiger partial charge in [0.15, 0.2) is 0 Å². The minimum absolute atomic E-state index is 0.578. The summed E-state index contributed by atoms with van der Waals surface area (Å²) in [7, 11) is 0. The van der Waals surface area contributed by atoms with Gasteiger partial charge >= 0.3 is 23.9 Å². The third kappa shape index (κ3) is 20.0. The van der Waals surface area contributed by atoms with Crippen LogP contribution in [0.3, 0.4) is 0 Å². The summed E-state index contributed by atoms with van der Waals surface area (Å²) in [5.41, 5.74) is -1.81. The zero-order valence-electron chi connectivity index (χ0n) is 19.2. The lowest BCUT2D eigenvalue weighted by Crippen LogP contribution is -2.44. The zero-order valence-corrected chi connectivity index (χ0v) is 22.4. The molecule has 0 N–H and O–H groups in total. The van der Waals surface area contributed by atoms with Crippen LogP contribution in [0.25, 0.3) is 0 Å². The maximum atomic E-state index is 11.9. The summed E-state index contributed by atoms with van der Waals surface area (Å²) >= 11 is -10.3. The van der Waals surface area contributed by atoms with Gasteiger partial charge in [-0.15, -0.1) is 0 Å². The molecule has 0 aliphatic carbocycles. The fraction of sp³-hybridized carbons (Fsp3) is 0.765. The van der Waals surface area contributed by atoms with E-state index in [9.17, 15) is 54.2 Å². The largest absolute Gasteiger partial charge is 0.772 e. The fourth-order valence-corrected chi connectivity index (χ4v) is 3.47. The van der Waals surface area contributed by atoms with E-state index >= 15 is 0 Å². The molecular weight excluding hydrogens is 588 g/mol. The minimum Gasteiger partial charge on any atom is -0.772 e. The summed E-state index contributed by atoms with van der Waals surface area (Å²) in [6.45, 7) is -3.06. The Morgan fingerprint density at radius 3 is 0.811 bits per heavy atom. The second-order valence-corrected chi connectivity index (χ2v) is 11.2. The van der Waals surface area contributed by atoms with Crippen LogP contribution in [0.5, 0.6) is 0 Å². The van der Waals surface area contributed by atoms with Gasteiger partial charge in [-0.1, -0.05) is 44.3 Å². The maximum absolute atomic E-state index is 11.9. The quantitative estimate of drug-likeness (QED) is 0.0764. The van der Waals surface area contributed by atoms with Crippen molar-refractivity contribution in [3.63, 3.8) is 0 Å². The maximum Gasteiger partial charge on any atom is 0.306 e. The van der Waals surface area contributed by atoms with Crippen molar-refractivity contribution in [3.05, 3.63) is 0 Å². The van der Waals surface area contributed by atoms with E-state index in [0.717, 1.165) is 0 Å². The number of carbonyl (C=O) groups excluding carboxylic acids is 4. The smallest absolute Gasteiger partial charge is 0.306 e. The van der Waals surface area contributed by atoms with E-state index in [1.807, 2.05) is 0 Å². The van der Waals surface area contributed by atoms with Crippen LogP contribution in [-0.4, -0.2) is 108 Å². The van der Waals surface area contributed by atoms with Gasteiger partial charge in [0.1, 0.15) is 31.8 Å². The van der Waals surface area contributed by atoms with E-state index in [1.54, 1.807) is 0 Å². The van der Waals surface area contributed by atoms with Gasteiger partial charge in [0.2, 0.25) is 0 Å². The molecule has 0 bridgehead atoms. The van der Waals surface area contributed by atoms with Gasteiger partial charge in [-0.25, -0.2) is 0 Å². The van der Waals surface area contributed by atoms with Gasteiger partial charge in [0, 0.05) is 23.0 Å². The molecule has 0 rings (SSSR count). The predicted molar refractivity (Wildman–Crippen MR) is 120 cm³/mol. The van der Waals surface area contributed by atoms with E-state index in [1.165, 1.54) is 0 Å². The van der Waals surface area contributed by atoms with Crippen LogP contribution < -0.4 is 0 Å². The highest BCUT2D eigenvalue weighted by molar-refractivity contribution is 7.79. The van der Waals surface area contributed by atoms with Crippen LogP contribution in [0.4, 0.5) is 0 Å². The van der Waals surface area contributed by atoms with Crippen molar-refractivity contribution < 1.29 is 73.2 Å². The van der Waals surface area contributed by atoms with Gasteiger partial charge in [0.05, 0.1) is 25.7 Å². The normalized spacial score (nSPS) is 15.9. The first-order valence-electron chi connectivity index (χ1n) is 10.1. The lowest BCUT2D eigenvalue weighted by atomic mass is 9.92. The molecule has 0 aromatic heterocycles. The van der Waals surface area contributed by atoms with Gasteiger partial charge < -0.3 is 37.2 Å². The molecule has 37 heavy (non-hydrogen) atoms. The topological polar surface area (TPSA) is 266 Å². The number of hydrogen-bond donors (Lipinski definition) is 0. The molecule has 0 heterocycles. The Morgan fingerprint density at radius 1 is 0.459 bits per heavy atom. The van der Waals surface area contributed by atoms with Crippen LogP contribution in [0.15, 0.2) is 0 Å². The molecule has 0 saturated heterocycles. The van der Waals surface area contributed by atoms with Crippen LogP contribution in [-0.2, 0) is 82.4 Å². The van der Waals surface area contributed by atoms with Crippen molar-refractivity contribution in [2.24, 2.45) is 5.41 Å². The highest BCUT2D eigenvalue weighted by Gasteiger charge is 2.38. The van der Waals surface area contributed by atoms with Crippen LogP contribution in [0.1, 0.15) is 25.7 Å². The molecule has 216 valence electrons. The molecule has 0 aliphatic heterocycles. The standard InChI is InChI=1S/C17H28O16S4/c18-13(1-5-34(22)23)30-9-17(10-31-14(19)2-6-35(24)25,11-32-15(20)3-7-36(26)27)12-33-16(21)4-8-37(28)29/h1-12H2,(H,22,23)(H,24,25)(H,26,27)(H,28,29)/p-4. The SMILES string of the molecule is O=C(CCS(=O)[O-])OCC(COC(=O)CCS(=O)[O-])(COC(=O)CCS(=O)[O-])COC(=O)CCS(=O)[O-]. The molecule has 4 unspecified atom stereocenters. The Morgan fingerprint density at radius 2 is 0.649 bits per heavy atom. The third-order valence-electron chi connectivity index (χ3n) is 4.05. The molecule has 0 amide bonds. The Hall–Kier alpha value is -1.68. The third-order valence-corrected chi connectivity index (χ3v) is 6.20. The van der Waals surface area contributed by atoms with Gasteiger partial charge in [-0.05, 0) is 0 Å². The lowest BCUT2D eigenvalue weighted by Gasteiger charge is -2.31. The average Bonchev–Trinajstić information content (AvgIpc) is 2.82. The first-order valence-corrected chi connectivity index (χ1v) is 15.1. The summed E-state index contributed by atoms with van der Waals surface area (Å²) in [6, 6.07) is 0. The molecule has 0 spiro atoms. The molecule has 0 aliphatic rings. The lowest BCUT2D eigenvalue weighted by molar-refractivity contribution is -0.170. The summed E-state index contributed by atoms with van der Waals surface area (Å²) in [5, 5.41) is 0. The summed E-state index contributed by atoms with van der Waals surface area (Å²) in [4.78, 5) is 47.7. The van der Waals surface area contributed by atoms with Crippen molar-refractivity contribution >= 4 is 68.2 Å². The fourth-order valence-electron chi connectivity index (χ4n) is 2.14. The van der Waals surface area contributed by atoms with Gasteiger partial charge in [-0.3, -0.25) is 36.0 Å². The molecule has 20 heteroatoms. The molecule has 0 fully saturated rings. The van der Waals surface area contributed by atoms with Crippen molar-refractivity contribution in [2.75, 3.05) is 49.4 Å². The number of esters is 4. The van der Waals surface area contributed by atoms with Crippen LogP contribution in [0, 0.1) is 5.41 Å². The van der Waals surface area contributed by atoms with Crippen molar-refractivity contribution in [2.45, 2.75) is 25.7 Å². The van der Waals surface area contributed by atoms with E-state index in [4.69, 9.17) is 18.9 Å². The van der Waals surface area contributed by atoms with Crippen molar-refractivity contribution in [1.82, 2.24) is 0 Å². The molecule has 0 radical (unpaired) electrons. The number of rotatable bonds is 20. The molecule has 4 atom stereocenters. The van der Waals surface area contributed by atoms with Crippen LogP contribution in [0.2, 0.25) is 0 Å². The van der Waals surface area contributed by atoms with Gasteiger partial charge in [0.25, 0.3) is 0 Å². The highest BCUT2D eigenvalue weighted by atomic mass is 32.2. The van der Waals surface area contributed by atoms with E-state index in [0.29, 0.717) is 0 Å². The second-order valence-electron chi connectivity index (χ2n) is 7.17. The first-order chi connectivity index (χ1) is 17.2. The number of carbonyl (C=O) groups is 4. The van der Waals surface area contributed by atoms with E-state index in [-0.39, 0.29) is 0 Å². The van der Waals surface area contributed by atoms with E-state index in [2.05, 4.69) is 0 Å². The molecule has 16 nitrogen and oxygen atoms in total. The summed E-state index contributed by atoms with van der Waals surface area (Å²) < 4.78 is 105. The van der Waals surface area contributed by atoms with Crippen molar-refractivity contribution in [3.8, 4) is 0 Å². The minimum atomic E-state index is -2.57. The Bertz CT molecular complexity index is 734. The molecule has 0 aromatic rings. The average molecular weight is 613 g/mol. The molecule has 0 aromatic carbocycles. The summed E-state index contributed by atoms with van der Waals surface area (Å²) in [5.74, 6) is -6.51. The summed E-state index contributed by atoms with van der Waals surface area (Å²) in [6.07, 6.45) is -2.31. The highest BCUT2D eigenvalue weighted by Crippen LogP contribution is 2.22. The van der Waals surface area contributed by atoms with Gasteiger partial charge in [-0.2, -0.15) is 0 Å². The van der Waals surface area contributed by atoms with Crippen molar-refractivity contribution in [1.29, 1.82) is 0 Å². The Kier molecular flexibility index (Phi) is 18.5. The first kappa shape index (κ1) is 35.3. The van der Waals surface area contributed by atoms with Crippen LogP contribution >= 0.6 is 0 Å².